The molecule has 0 spiro atoms. The second kappa shape index (κ2) is 5.36. The highest BCUT2D eigenvalue weighted by molar-refractivity contribution is 8.19. The summed E-state index contributed by atoms with van der Waals surface area (Å²) >= 11 is 6.28. The molecule has 5 heteroatoms. The van der Waals surface area contributed by atoms with Gasteiger partial charge in [-0.3, -0.25) is 0 Å². The van der Waals surface area contributed by atoms with Gasteiger partial charge < -0.3 is 4.42 Å². The third-order valence-corrected chi connectivity index (χ3v) is 9.42. The molecule has 22 heavy (non-hydrogen) atoms. The van der Waals surface area contributed by atoms with E-state index < -0.39 is 6.19 Å². The fourth-order valence-electron chi connectivity index (χ4n) is 3.42. The molecule has 0 N–H and O–H groups in total. The van der Waals surface area contributed by atoms with Gasteiger partial charge in [0, 0.05) is 5.71 Å². The van der Waals surface area contributed by atoms with E-state index >= 15 is 0 Å². The quantitative estimate of drug-likeness (QED) is 0.763. The average Bonchev–Trinajstić information content (AvgIpc) is 3.12. The zero-order chi connectivity index (χ0) is 15.2. The Labute approximate surface area is 136 Å². The topological polar surface area (TPSA) is 28.7 Å². The highest BCUT2D eigenvalue weighted by atomic mass is 32.4. The van der Waals surface area contributed by atoms with Crippen LogP contribution < -0.4 is 10.3 Å². The number of benzene rings is 1. The Balaban J connectivity index is 1.87. The maximum Gasteiger partial charge on any atom is 0.157 e. The Bertz CT molecular complexity index is 768. The number of aryl methyl sites for hydroxylation is 1. The molecule has 2 atom stereocenters. The van der Waals surface area contributed by atoms with Crippen molar-refractivity contribution in [3.8, 4) is 0 Å². The first-order chi connectivity index (χ1) is 10.7. The molecule has 2 unspecified atom stereocenters. The molecule has 1 aromatic carbocycles. The van der Waals surface area contributed by atoms with E-state index in [4.69, 9.17) is 21.3 Å². The second-order valence-corrected chi connectivity index (χ2v) is 10.3. The van der Waals surface area contributed by atoms with Gasteiger partial charge in [-0.2, -0.15) is 5.10 Å². The van der Waals surface area contributed by atoms with E-state index in [2.05, 4.69) is 23.0 Å². The molecule has 0 bridgehead atoms. The van der Waals surface area contributed by atoms with Crippen LogP contribution in [0.25, 0.3) is 0 Å². The van der Waals surface area contributed by atoms with Gasteiger partial charge in [0.05, 0.1) is 11.3 Å². The monoisotopic (exact) mass is 330 g/mol. The van der Waals surface area contributed by atoms with Crippen molar-refractivity contribution >= 4 is 34.9 Å². The summed E-state index contributed by atoms with van der Waals surface area (Å²) in [4.78, 5) is 0. The van der Waals surface area contributed by atoms with Crippen LogP contribution in [-0.2, 0) is 11.8 Å². The average molecular weight is 330 g/mol. The van der Waals surface area contributed by atoms with Crippen LogP contribution >= 0.6 is 6.19 Å². The first-order valence-electron chi connectivity index (χ1n) is 7.79. The first-order valence-corrected chi connectivity index (χ1v) is 10.6. The highest BCUT2D eigenvalue weighted by Gasteiger charge is 2.47. The first kappa shape index (κ1) is 14.2. The molecule has 1 saturated carbocycles. The summed E-state index contributed by atoms with van der Waals surface area (Å²) in [5.74, 6) is 0.927. The Kier molecular flexibility index (Phi) is 3.47. The lowest BCUT2D eigenvalue weighted by molar-refractivity contribution is 0.564. The standard InChI is InChI=1S/C17H19N2OPS/c1-13-11-12-17(20-13)21(22)16-10-6-5-9-15(16)18-19(21)14-7-3-2-4-8-14/h2-4,7-8,11-12,16H,5-6,9-10H2,1H3. The van der Waals surface area contributed by atoms with Gasteiger partial charge in [-0.1, -0.05) is 36.4 Å². The maximum atomic E-state index is 6.28. The molecule has 2 heterocycles. The number of hydrogen-bond acceptors (Lipinski definition) is 3. The summed E-state index contributed by atoms with van der Waals surface area (Å²) < 4.78 is 8.12. The summed E-state index contributed by atoms with van der Waals surface area (Å²) in [7, 11) is 0. The van der Waals surface area contributed by atoms with Crippen molar-refractivity contribution in [1.82, 2.24) is 0 Å². The summed E-state index contributed by atoms with van der Waals surface area (Å²) in [6.45, 7) is 1.98. The zero-order valence-electron chi connectivity index (χ0n) is 12.6. The molecule has 0 radical (unpaired) electrons. The number of nitrogens with zero attached hydrogens (tertiary/aromatic N) is 2. The number of furan rings is 1. The van der Waals surface area contributed by atoms with Crippen molar-refractivity contribution in [2.24, 2.45) is 5.10 Å². The number of rotatable bonds is 2. The summed E-state index contributed by atoms with van der Waals surface area (Å²) in [6, 6.07) is 14.4. The molecular weight excluding hydrogens is 311 g/mol. The number of fused-ring (bicyclic) bond motifs is 1. The van der Waals surface area contributed by atoms with E-state index in [0.29, 0.717) is 5.66 Å². The van der Waals surface area contributed by atoms with Gasteiger partial charge in [-0.05, 0) is 50.5 Å². The van der Waals surface area contributed by atoms with E-state index in [-0.39, 0.29) is 0 Å². The minimum atomic E-state index is -2.07. The number of hydrazone groups is 1. The zero-order valence-corrected chi connectivity index (χ0v) is 14.3. The van der Waals surface area contributed by atoms with E-state index in [9.17, 15) is 0 Å². The largest absolute Gasteiger partial charge is 0.459 e. The number of hydrogen-bond donors (Lipinski definition) is 0. The summed E-state index contributed by atoms with van der Waals surface area (Å²) in [5.41, 5.74) is 3.70. The molecule has 114 valence electrons. The van der Waals surface area contributed by atoms with Crippen molar-refractivity contribution in [2.75, 3.05) is 4.78 Å². The molecular formula is C17H19N2OPS. The van der Waals surface area contributed by atoms with Crippen LogP contribution in [0.4, 0.5) is 5.69 Å². The van der Waals surface area contributed by atoms with Gasteiger partial charge in [0.1, 0.15) is 11.9 Å². The van der Waals surface area contributed by atoms with Crippen LogP contribution in [0.15, 0.2) is 52.0 Å². The van der Waals surface area contributed by atoms with Gasteiger partial charge in [0.25, 0.3) is 0 Å². The molecule has 0 saturated heterocycles. The Morgan fingerprint density at radius 3 is 2.73 bits per heavy atom. The fourth-order valence-corrected chi connectivity index (χ4v) is 7.95. The van der Waals surface area contributed by atoms with Crippen molar-refractivity contribution in [1.29, 1.82) is 0 Å². The van der Waals surface area contributed by atoms with Crippen LogP contribution in [0.3, 0.4) is 0 Å². The van der Waals surface area contributed by atoms with Gasteiger partial charge in [0.2, 0.25) is 0 Å². The lowest BCUT2D eigenvalue weighted by atomic mass is 9.98. The third kappa shape index (κ3) is 2.09. The molecule has 1 aliphatic heterocycles. The minimum Gasteiger partial charge on any atom is -0.459 e. The van der Waals surface area contributed by atoms with E-state index in [0.717, 1.165) is 29.8 Å². The van der Waals surface area contributed by atoms with Gasteiger partial charge in [0.15, 0.2) is 5.50 Å². The molecule has 1 aliphatic carbocycles. The molecule has 1 aromatic heterocycles. The van der Waals surface area contributed by atoms with Crippen LogP contribution in [-0.4, -0.2) is 11.4 Å². The lowest BCUT2D eigenvalue weighted by Crippen LogP contribution is -2.27. The van der Waals surface area contributed by atoms with E-state index in [1.165, 1.54) is 18.6 Å². The smallest absolute Gasteiger partial charge is 0.157 e. The minimum absolute atomic E-state index is 0.377. The third-order valence-electron chi connectivity index (χ3n) is 4.50. The Morgan fingerprint density at radius 1 is 1.18 bits per heavy atom. The number of para-hydroxylation sites is 1. The molecule has 2 aliphatic rings. The molecule has 3 nitrogen and oxygen atoms in total. The molecule has 0 amide bonds. The molecule has 4 rings (SSSR count). The van der Waals surface area contributed by atoms with Crippen molar-refractivity contribution < 1.29 is 4.42 Å². The van der Waals surface area contributed by atoms with Crippen LogP contribution in [0.1, 0.15) is 31.4 Å². The fraction of sp³-hybridized carbons (Fsp3) is 0.353. The molecule has 2 aromatic rings. The Hall–Kier alpha value is -1.38. The maximum absolute atomic E-state index is 6.28. The number of anilines is 1. The van der Waals surface area contributed by atoms with Crippen LogP contribution in [0.5, 0.6) is 0 Å². The van der Waals surface area contributed by atoms with Gasteiger partial charge >= 0.3 is 0 Å². The predicted molar refractivity (Wildman–Crippen MR) is 96.0 cm³/mol. The van der Waals surface area contributed by atoms with Crippen LogP contribution in [0, 0.1) is 6.92 Å². The highest BCUT2D eigenvalue weighted by Crippen LogP contribution is 2.62. The normalized spacial score (nSPS) is 27.6. The predicted octanol–water partition coefficient (Wildman–Crippen LogP) is 4.43. The van der Waals surface area contributed by atoms with Crippen molar-refractivity contribution in [3.05, 3.63) is 48.2 Å². The van der Waals surface area contributed by atoms with Crippen molar-refractivity contribution in [3.63, 3.8) is 0 Å². The van der Waals surface area contributed by atoms with Crippen LogP contribution in [0.2, 0.25) is 0 Å². The van der Waals surface area contributed by atoms with E-state index in [1.54, 1.807) is 0 Å². The van der Waals surface area contributed by atoms with Gasteiger partial charge in [-0.25, -0.2) is 4.78 Å². The Morgan fingerprint density at radius 2 is 2.00 bits per heavy atom. The van der Waals surface area contributed by atoms with Gasteiger partial charge in [-0.15, -0.1) is 0 Å². The molecule has 1 fully saturated rings. The SMILES string of the molecule is Cc1ccc(P2(=S)C3CCCCC3=NN2c2ccccc2)o1. The van der Waals surface area contributed by atoms with E-state index in [1.807, 2.05) is 31.2 Å². The second-order valence-electron chi connectivity index (χ2n) is 5.99. The lowest BCUT2D eigenvalue weighted by Gasteiger charge is -2.31. The summed E-state index contributed by atoms with van der Waals surface area (Å²) in [6.07, 6.45) is 2.61. The summed E-state index contributed by atoms with van der Waals surface area (Å²) in [5, 5.41) is 4.95. The van der Waals surface area contributed by atoms with Crippen molar-refractivity contribution in [2.45, 2.75) is 38.3 Å².